The largest absolute Gasteiger partial charge is 0.486 e. The van der Waals surface area contributed by atoms with E-state index in [4.69, 9.17) is 9.47 Å². The number of ether oxygens (including phenoxy) is 2. The molecule has 1 fully saturated rings. The van der Waals surface area contributed by atoms with Crippen LogP contribution in [0.25, 0.3) is 11.3 Å². The van der Waals surface area contributed by atoms with Gasteiger partial charge in [0.15, 0.2) is 16.6 Å². The molecule has 1 aromatic carbocycles. The highest BCUT2D eigenvalue weighted by Crippen LogP contribution is 2.35. The van der Waals surface area contributed by atoms with Crippen LogP contribution < -0.4 is 14.8 Å². The number of fused-ring (bicyclic) bond motifs is 1. The molecule has 2 aliphatic rings. The molecule has 1 aromatic heterocycles. The van der Waals surface area contributed by atoms with Crippen molar-refractivity contribution in [1.82, 2.24) is 9.88 Å². The van der Waals surface area contributed by atoms with E-state index in [9.17, 15) is 9.59 Å². The zero-order valence-corrected chi connectivity index (χ0v) is 18.4. The van der Waals surface area contributed by atoms with Gasteiger partial charge in [0.05, 0.1) is 5.69 Å². The fraction of sp³-hybridized carbons (Fsp3) is 0.500. The summed E-state index contributed by atoms with van der Waals surface area (Å²) in [5.74, 6) is 1.47. The monoisotopic (exact) mass is 429 g/mol. The van der Waals surface area contributed by atoms with Crippen LogP contribution >= 0.6 is 11.3 Å². The Hall–Kier alpha value is -2.61. The van der Waals surface area contributed by atoms with Crippen molar-refractivity contribution in [3.05, 3.63) is 23.6 Å². The predicted molar refractivity (Wildman–Crippen MR) is 116 cm³/mol. The summed E-state index contributed by atoms with van der Waals surface area (Å²) in [6.07, 6.45) is 1.35. The molecule has 1 N–H and O–H groups in total. The number of anilines is 1. The summed E-state index contributed by atoms with van der Waals surface area (Å²) in [6.45, 7) is 8.11. The molecule has 8 heteroatoms. The second-order valence-electron chi connectivity index (χ2n) is 8.70. The number of hydrogen-bond acceptors (Lipinski definition) is 6. The molecule has 0 atom stereocenters. The average Bonchev–Trinajstić information content (AvgIpc) is 3.20. The number of aromatic nitrogens is 1. The molecule has 2 amide bonds. The fourth-order valence-electron chi connectivity index (χ4n) is 3.69. The molecule has 0 spiro atoms. The molecular formula is C22H27N3O4S. The van der Waals surface area contributed by atoms with Gasteiger partial charge in [0.1, 0.15) is 13.2 Å². The second kappa shape index (κ2) is 8.26. The Bertz CT molecular complexity index is 942. The Morgan fingerprint density at radius 1 is 1.13 bits per heavy atom. The van der Waals surface area contributed by atoms with Gasteiger partial charge in [-0.15, -0.1) is 11.3 Å². The van der Waals surface area contributed by atoms with Crippen LogP contribution in [0.3, 0.4) is 0 Å². The summed E-state index contributed by atoms with van der Waals surface area (Å²) in [6, 6.07) is 5.74. The zero-order chi connectivity index (χ0) is 21.3. The maximum absolute atomic E-state index is 12.7. The van der Waals surface area contributed by atoms with Crippen LogP contribution in [0.2, 0.25) is 0 Å². The van der Waals surface area contributed by atoms with E-state index in [2.05, 4.69) is 10.3 Å². The van der Waals surface area contributed by atoms with E-state index in [1.165, 1.54) is 11.3 Å². The van der Waals surface area contributed by atoms with Crippen LogP contribution in [0.15, 0.2) is 23.6 Å². The van der Waals surface area contributed by atoms with Crippen molar-refractivity contribution in [3.8, 4) is 22.8 Å². The third-order valence-corrected chi connectivity index (χ3v) is 6.12. The lowest BCUT2D eigenvalue weighted by molar-refractivity contribution is -0.142. The van der Waals surface area contributed by atoms with Gasteiger partial charge in [-0.3, -0.25) is 9.59 Å². The number of carbonyl (C=O) groups is 2. The molecule has 160 valence electrons. The van der Waals surface area contributed by atoms with Crippen molar-refractivity contribution >= 4 is 28.3 Å². The number of carbonyl (C=O) groups excluding carboxylic acids is 2. The van der Waals surface area contributed by atoms with Gasteiger partial charge in [-0.05, 0) is 31.0 Å². The van der Waals surface area contributed by atoms with Gasteiger partial charge in [0, 0.05) is 35.4 Å². The summed E-state index contributed by atoms with van der Waals surface area (Å²) in [4.78, 5) is 31.5. The minimum absolute atomic E-state index is 0.0269. The first-order valence-electron chi connectivity index (χ1n) is 10.3. The number of thiazole rings is 1. The van der Waals surface area contributed by atoms with Crippen LogP contribution in [-0.2, 0) is 9.59 Å². The molecular weight excluding hydrogens is 402 g/mol. The third kappa shape index (κ3) is 4.43. The second-order valence-corrected chi connectivity index (χ2v) is 9.56. The molecule has 2 aromatic rings. The Balaban J connectivity index is 1.35. The first-order chi connectivity index (χ1) is 14.3. The molecule has 0 unspecified atom stereocenters. The van der Waals surface area contributed by atoms with E-state index < -0.39 is 0 Å². The highest BCUT2D eigenvalue weighted by atomic mass is 32.1. The fourth-order valence-corrected chi connectivity index (χ4v) is 4.42. The third-order valence-electron chi connectivity index (χ3n) is 5.37. The van der Waals surface area contributed by atoms with Crippen LogP contribution in [0.1, 0.15) is 33.6 Å². The maximum atomic E-state index is 12.7. The summed E-state index contributed by atoms with van der Waals surface area (Å²) >= 11 is 1.40. The van der Waals surface area contributed by atoms with Gasteiger partial charge in [0.2, 0.25) is 11.8 Å². The number of likely N-dealkylation sites (tertiary alicyclic amines) is 1. The molecule has 7 nitrogen and oxygen atoms in total. The summed E-state index contributed by atoms with van der Waals surface area (Å²) in [5.41, 5.74) is 1.32. The lowest BCUT2D eigenvalue weighted by atomic mass is 9.91. The van der Waals surface area contributed by atoms with Crippen molar-refractivity contribution in [2.24, 2.45) is 11.3 Å². The van der Waals surface area contributed by atoms with Gasteiger partial charge in [0.25, 0.3) is 0 Å². The SMILES string of the molecule is CC(C)(C)C(=O)N1CCC(C(=O)Nc2nc(-c3ccc4c(c3)OCCO4)cs2)CC1. The van der Waals surface area contributed by atoms with Crippen molar-refractivity contribution in [3.63, 3.8) is 0 Å². The molecule has 2 aliphatic heterocycles. The molecule has 1 saturated heterocycles. The van der Waals surface area contributed by atoms with Gasteiger partial charge in [-0.1, -0.05) is 20.8 Å². The summed E-state index contributed by atoms with van der Waals surface area (Å²) in [5, 5.41) is 5.45. The standard InChI is InChI=1S/C22H27N3O4S/c1-22(2,3)20(27)25-8-6-14(7-9-25)19(26)24-21-23-16(13-30-21)15-4-5-17-18(12-15)29-11-10-28-17/h4-5,12-14H,6-11H2,1-3H3,(H,23,24,26). The van der Waals surface area contributed by atoms with Gasteiger partial charge < -0.3 is 19.7 Å². The van der Waals surface area contributed by atoms with Gasteiger partial charge in [-0.25, -0.2) is 4.98 Å². The van der Waals surface area contributed by atoms with Gasteiger partial charge >= 0.3 is 0 Å². The van der Waals surface area contributed by atoms with E-state index in [0.717, 1.165) is 17.0 Å². The zero-order valence-electron chi connectivity index (χ0n) is 17.6. The summed E-state index contributed by atoms with van der Waals surface area (Å²) in [7, 11) is 0. The molecule has 0 radical (unpaired) electrons. The van der Waals surface area contributed by atoms with E-state index in [-0.39, 0.29) is 23.1 Å². The highest BCUT2D eigenvalue weighted by Gasteiger charge is 2.32. The Morgan fingerprint density at radius 3 is 2.53 bits per heavy atom. The number of amides is 2. The van der Waals surface area contributed by atoms with Crippen molar-refractivity contribution in [2.75, 3.05) is 31.6 Å². The minimum Gasteiger partial charge on any atom is -0.486 e. The molecule has 0 saturated carbocycles. The van der Waals surface area contributed by atoms with E-state index in [1.807, 2.05) is 49.3 Å². The quantitative estimate of drug-likeness (QED) is 0.803. The van der Waals surface area contributed by atoms with Crippen LogP contribution in [0.4, 0.5) is 5.13 Å². The Kier molecular flexibility index (Phi) is 5.69. The van der Waals surface area contributed by atoms with Crippen LogP contribution in [0.5, 0.6) is 11.5 Å². The van der Waals surface area contributed by atoms with Crippen LogP contribution in [-0.4, -0.2) is 48.0 Å². The normalized spacial score (nSPS) is 17.0. The van der Waals surface area contributed by atoms with E-state index >= 15 is 0 Å². The maximum Gasteiger partial charge on any atom is 0.229 e. The number of nitrogens with zero attached hydrogens (tertiary/aromatic N) is 2. The lowest BCUT2D eigenvalue weighted by Crippen LogP contribution is -2.45. The molecule has 4 rings (SSSR count). The van der Waals surface area contributed by atoms with Gasteiger partial charge in [-0.2, -0.15) is 0 Å². The van der Waals surface area contributed by atoms with E-state index in [0.29, 0.717) is 50.0 Å². The molecule has 0 bridgehead atoms. The minimum atomic E-state index is -0.389. The van der Waals surface area contributed by atoms with E-state index in [1.54, 1.807) is 0 Å². The Labute approximate surface area is 180 Å². The first kappa shape index (κ1) is 20.7. The predicted octanol–water partition coefficient (Wildman–Crippen LogP) is 3.80. The molecule has 30 heavy (non-hydrogen) atoms. The number of nitrogens with one attached hydrogen (secondary N) is 1. The topological polar surface area (TPSA) is 80.8 Å². The number of hydrogen-bond donors (Lipinski definition) is 1. The highest BCUT2D eigenvalue weighted by molar-refractivity contribution is 7.14. The van der Waals surface area contributed by atoms with Crippen molar-refractivity contribution in [1.29, 1.82) is 0 Å². The summed E-state index contributed by atoms with van der Waals surface area (Å²) < 4.78 is 11.2. The molecule has 0 aliphatic carbocycles. The average molecular weight is 430 g/mol. The number of benzene rings is 1. The van der Waals surface area contributed by atoms with Crippen LogP contribution in [0, 0.1) is 11.3 Å². The number of rotatable bonds is 3. The van der Waals surface area contributed by atoms with Crippen molar-refractivity contribution in [2.45, 2.75) is 33.6 Å². The smallest absolute Gasteiger partial charge is 0.229 e. The van der Waals surface area contributed by atoms with Crippen molar-refractivity contribution < 1.29 is 19.1 Å². The first-order valence-corrected chi connectivity index (χ1v) is 11.1. The Morgan fingerprint density at radius 2 is 1.83 bits per heavy atom. The number of piperidine rings is 1. The lowest BCUT2D eigenvalue weighted by Gasteiger charge is -2.35. The molecule has 3 heterocycles.